The first-order valence-electron chi connectivity index (χ1n) is 8.29. The summed E-state index contributed by atoms with van der Waals surface area (Å²) in [7, 11) is 0. The number of hydrogen-bond donors (Lipinski definition) is 1. The van der Waals surface area contributed by atoms with E-state index in [0.717, 1.165) is 24.7 Å². The van der Waals surface area contributed by atoms with Gasteiger partial charge >= 0.3 is 0 Å². The Morgan fingerprint density at radius 2 is 2.05 bits per heavy atom. The summed E-state index contributed by atoms with van der Waals surface area (Å²) < 4.78 is 5.58. The van der Waals surface area contributed by atoms with Gasteiger partial charge in [-0.15, -0.1) is 0 Å². The molecule has 2 heteroatoms. The standard InChI is InChI=1S/C18H27NO/c1-2-3-13-4-6-14(7-5-13)18(19)16-8-9-17-15(12-16)10-11-20-17/h8-9,12-14,18H,2-7,10-11,19H2,1H3. The molecule has 0 amide bonds. The molecule has 1 aliphatic heterocycles. The number of ether oxygens (including phenoxy) is 1. The molecule has 2 N–H and O–H groups in total. The van der Waals surface area contributed by atoms with Crippen molar-refractivity contribution in [2.24, 2.45) is 17.6 Å². The van der Waals surface area contributed by atoms with Gasteiger partial charge in [-0.2, -0.15) is 0 Å². The number of rotatable bonds is 4. The Kier molecular flexibility index (Phi) is 4.30. The molecule has 1 aromatic rings. The predicted molar refractivity (Wildman–Crippen MR) is 82.9 cm³/mol. The van der Waals surface area contributed by atoms with Crippen molar-refractivity contribution in [2.45, 2.75) is 57.9 Å². The Bertz CT molecular complexity index is 449. The smallest absolute Gasteiger partial charge is 0.122 e. The minimum absolute atomic E-state index is 0.212. The minimum atomic E-state index is 0.212. The van der Waals surface area contributed by atoms with E-state index in [-0.39, 0.29) is 6.04 Å². The molecule has 0 bridgehead atoms. The van der Waals surface area contributed by atoms with Crippen LogP contribution in [0.5, 0.6) is 5.75 Å². The maximum absolute atomic E-state index is 6.54. The lowest BCUT2D eigenvalue weighted by molar-refractivity contribution is 0.234. The molecule has 1 atom stereocenters. The molecule has 0 aromatic heterocycles. The van der Waals surface area contributed by atoms with Crippen LogP contribution >= 0.6 is 0 Å². The maximum Gasteiger partial charge on any atom is 0.122 e. The van der Waals surface area contributed by atoms with E-state index >= 15 is 0 Å². The van der Waals surface area contributed by atoms with Crippen molar-refractivity contribution in [1.82, 2.24) is 0 Å². The summed E-state index contributed by atoms with van der Waals surface area (Å²) in [5.41, 5.74) is 9.20. The molecule has 1 aliphatic carbocycles. The zero-order valence-corrected chi connectivity index (χ0v) is 12.6. The third kappa shape index (κ3) is 2.85. The van der Waals surface area contributed by atoms with Crippen LogP contribution < -0.4 is 10.5 Å². The van der Waals surface area contributed by atoms with Crippen LogP contribution in [-0.2, 0) is 6.42 Å². The van der Waals surface area contributed by atoms with Gasteiger partial charge < -0.3 is 10.5 Å². The molecule has 110 valence electrons. The number of hydrogen-bond acceptors (Lipinski definition) is 2. The fourth-order valence-corrected chi connectivity index (χ4v) is 3.93. The van der Waals surface area contributed by atoms with Crippen LogP contribution in [0.15, 0.2) is 18.2 Å². The quantitative estimate of drug-likeness (QED) is 0.891. The van der Waals surface area contributed by atoms with E-state index in [1.807, 2.05) is 0 Å². The summed E-state index contributed by atoms with van der Waals surface area (Å²) in [5, 5.41) is 0. The highest BCUT2D eigenvalue weighted by atomic mass is 16.5. The topological polar surface area (TPSA) is 35.2 Å². The number of nitrogens with two attached hydrogens (primary N) is 1. The van der Waals surface area contributed by atoms with E-state index < -0.39 is 0 Å². The Hall–Kier alpha value is -1.02. The van der Waals surface area contributed by atoms with Crippen LogP contribution in [0.4, 0.5) is 0 Å². The van der Waals surface area contributed by atoms with Crippen molar-refractivity contribution in [3.8, 4) is 5.75 Å². The Balaban J connectivity index is 1.63. The highest BCUT2D eigenvalue weighted by molar-refractivity contribution is 5.40. The van der Waals surface area contributed by atoms with Crippen molar-refractivity contribution in [3.05, 3.63) is 29.3 Å². The number of benzene rings is 1. The molecule has 1 fully saturated rings. The van der Waals surface area contributed by atoms with Crippen molar-refractivity contribution in [2.75, 3.05) is 6.61 Å². The van der Waals surface area contributed by atoms with Crippen molar-refractivity contribution in [3.63, 3.8) is 0 Å². The van der Waals surface area contributed by atoms with E-state index in [2.05, 4.69) is 25.1 Å². The minimum Gasteiger partial charge on any atom is -0.493 e. The summed E-state index contributed by atoms with van der Waals surface area (Å²) in [5.74, 6) is 2.69. The Morgan fingerprint density at radius 1 is 1.25 bits per heavy atom. The molecule has 0 radical (unpaired) electrons. The fraction of sp³-hybridized carbons (Fsp3) is 0.667. The van der Waals surface area contributed by atoms with E-state index in [0.29, 0.717) is 5.92 Å². The first kappa shape index (κ1) is 13.9. The second kappa shape index (κ2) is 6.17. The van der Waals surface area contributed by atoms with Gasteiger partial charge in [0.05, 0.1) is 6.61 Å². The van der Waals surface area contributed by atoms with Gasteiger partial charge in [-0.1, -0.05) is 44.7 Å². The average Bonchev–Trinajstić information content (AvgIpc) is 2.95. The van der Waals surface area contributed by atoms with Crippen LogP contribution in [0, 0.1) is 11.8 Å². The average molecular weight is 273 g/mol. The highest BCUT2D eigenvalue weighted by Gasteiger charge is 2.26. The molecule has 20 heavy (non-hydrogen) atoms. The van der Waals surface area contributed by atoms with Crippen LogP contribution in [0.1, 0.15) is 62.6 Å². The SMILES string of the molecule is CCCC1CCC(C(N)c2ccc3c(c2)CCO3)CC1. The Labute approximate surface area is 122 Å². The number of fused-ring (bicyclic) bond motifs is 1. The normalized spacial score (nSPS) is 26.9. The van der Waals surface area contributed by atoms with Gasteiger partial charge in [-0.3, -0.25) is 0 Å². The molecule has 0 saturated heterocycles. The molecule has 1 saturated carbocycles. The van der Waals surface area contributed by atoms with Gasteiger partial charge in [0, 0.05) is 12.5 Å². The van der Waals surface area contributed by atoms with Gasteiger partial charge in [0.2, 0.25) is 0 Å². The zero-order valence-electron chi connectivity index (χ0n) is 12.6. The lowest BCUT2D eigenvalue weighted by Crippen LogP contribution is -2.26. The van der Waals surface area contributed by atoms with E-state index in [1.165, 1.54) is 49.7 Å². The molecule has 1 aromatic carbocycles. The fourth-order valence-electron chi connectivity index (χ4n) is 3.93. The molecule has 0 spiro atoms. The zero-order chi connectivity index (χ0) is 13.9. The molecule has 2 aliphatic rings. The first-order valence-corrected chi connectivity index (χ1v) is 8.29. The van der Waals surface area contributed by atoms with E-state index in [1.54, 1.807) is 0 Å². The molecule has 1 unspecified atom stereocenters. The summed E-state index contributed by atoms with van der Waals surface area (Å²) in [6.45, 7) is 3.13. The molecule has 3 rings (SSSR count). The summed E-state index contributed by atoms with van der Waals surface area (Å²) in [4.78, 5) is 0. The van der Waals surface area contributed by atoms with Crippen LogP contribution in [0.25, 0.3) is 0 Å². The van der Waals surface area contributed by atoms with Crippen LogP contribution in [0.3, 0.4) is 0 Å². The second-order valence-corrected chi connectivity index (χ2v) is 6.56. The summed E-state index contributed by atoms with van der Waals surface area (Å²) in [6, 6.07) is 6.78. The lowest BCUT2D eigenvalue weighted by Gasteiger charge is -2.32. The molecular weight excluding hydrogens is 246 g/mol. The first-order chi connectivity index (χ1) is 9.78. The van der Waals surface area contributed by atoms with Gasteiger partial charge in [0.25, 0.3) is 0 Å². The molecular formula is C18H27NO. The largest absolute Gasteiger partial charge is 0.493 e. The maximum atomic E-state index is 6.54. The third-order valence-electron chi connectivity index (χ3n) is 5.19. The Morgan fingerprint density at radius 3 is 2.80 bits per heavy atom. The molecule has 2 nitrogen and oxygen atoms in total. The second-order valence-electron chi connectivity index (χ2n) is 6.56. The third-order valence-corrected chi connectivity index (χ3v) is 5.19. The predicted octanol–water partition coefficient (Wildman–Crippen LogP) is 4.23. The summed E-state index contributed by atoms with van der Waals surface area (Å²) >= 11 is 0. The van der Waals surface area contributed by atoms with Gasteiger partial charge in [-0.05, 0) is 41.9 Å². The van der Waals surface area contributed by atoms with Crippen LogP contribution in [0.2, 0.25) is 0 Å². The summed E-state index contributed by atoms with van der Waals surface area (Å²) in [6.07, 6.45) is 9.13. The lowest BCUT2D eigenvalue weighted by atomic mass is 9.75. The highest BCUT2D eigenvalue weighted by Crippen LogP contribution is 2.38. The van der Waals surface area contributed by atoms with Gasteiger partial charge in [-0.25, -0.2) is 0 Å². The van der Waals surface area contributed by atoms with Crippen molar-refractivity contribution < 1.29 is 4.74 Å². The van der Waals surface area contributed by atoms with Gasteiger partial charge in [0.1, 0.15) is 5.75 Å². The molecule has 1 heterocycles. The van der Waals surface area contributed by atoms with Crippen molar-refractivity contribution in [1.29, 1.82) is 0 Å². The van der Waals surface area contributed by atoms with Crippen LogP contribution in [-0.4, -0.2) is 6.61 Å². The van der Waals surface area contributed by atoms with Crippen molar-refractivity contribution >= 4 is 0 Å². The van der Waals surface area contributed by atoms with E-state index in [9.17, 15) is 0 Å². The van der Waals surface area contributed by atoms with E-state index in [4.69, 9.17) is 10.5 Å². The van der Waals surface area contributed by atoms with Gasteiger partial charge in [0.15, 0.2) is 0 Å². The monoisotopic (exact) mass is 273 g/mol.